The summed E-state index contributed by atoms with van der Waals surface area (Å²) in [6.45, 7) is 6.30. The Morgan fingerprint density at radius 3 is 2.56 bits per heavy atom. The summed E-state index contributed by atoms with van der Waals surface area (Å²) in [6, 6.07) is 13.9. The van der Waals surface area contributed by atoms with Crippen molar-refractivity contribution in [3.05, 3.63) is 63.6 Å². The van der Waals surface area contributed by atoms with Gasteiger partial charge in [0.1, 0.15) is 5.75 Å². The van der Waals surface area contributed by atoms with Gasteiger partial charge in [0.15, 0.2) is 6.61 Å². The second kappa shape index (κ2) is 9.37. The van der Waals surface area contributed by atoms with Crippen LogP contribution >= 0.6 is 15.9 Å². The Balaban J connectivity index is 1.82. The molecule has 0 fully saturated rings. The van der Waals surface area contributed by atoms with Crippen molar-refractivity contribution in [2.45, 2.75) is 33.1 Å². The number of aryl methyl sites for hydroxylation is 1. The normalized spacial score (nSPS) is 11.1. The number of nitrogens with zero attached hydrogens (tertiary/aromatic N) is 1. The number of hydrogen-bond donors (Lipinski definition) is 1. The molecule has 0 unspecified atom stereocenters. The molecule has 2 rings (SSSR count). The highest BCUT2D eigenvalue weighted by atomic mass is 79.9. The highest BCUT2D eigenvalue weighted by Crippen LogP contribution is 2.26. The van der Waals surface area contributed by atoms with Gasteiger partial charge in [0.2, 0.25) is 0 Å². The molecule has 132 valence electrons. The summed E-state index contributed by atoms with van der Waals surface area (Å²) in [7, 11) is 0. The molecular formula is C20H23BrN2O2. The lowest BCUT2D eigenvalue weighted by molar-refractivity contribution is -0.123. The number of ether oxygens (including phenoxy) is 1. The van der Waals surface area contributed by atoms with E-state index in [1.807, 2.05) is 30.3 Å². The van der Waals surface area contributed by atoms with Gasteiger partial charge in [0, 0.05) is 0 Å². The fraction of sp³-hybridized carbons (Fsp3) is 0.300. The monoisotopic (exact) mass is 402 g/mol. The van der Waals surface area contributed by atoms with Crippen LogP contribution in [-0.2, 0) is 11.2 Å². The topological polar surface area (TPSA) is 50.7 Å². The van der Waals surface area contributed by atoms with Gasteiger partial charge in [0.25, 0.3) is 5.91 Å². The summed E-state index contributed by atoms with van der Waals surface area (Å²) in [6.07, 6.45) is 2.57. The summed E-state index contributed by atoms with van der Waals surface area (Å²) in [4.78, 5) is 11.8. The van der Waals surface area contributed by atoms with E-state index in [0.29, 0.717) is 11.7 Å². The van der Waals surface area contributed by atoms with E-state index in [-0.39, 0.29) is 12.5 Å². The van der Waals surface area contributed by atoms with Gasteiger partial charge >= 0.3 is 0 Å². The fourth-order valence-electron chi connectivity index (χ4n) is 2.20. The van der Waals surface area contributed by atoms with Gasteiger partial charge in [0.05, 0.1) is 10.7 Å². The quantitative estimate of drug-likeness (QED) is 0.540. The molecule has 0 spiro atoms. The van der Waals surface area contributed by atoms with Crippen LogP contribution in [0, 0.1) is 0 Å². The van der Waals surface area contributed by atoms with Crippen LogP contribution in [0.2, 0.25) is 0 Å². The minimum atomic E-state index is -0.304. The second-order valence-electron chi connectivity index (χ2n) is 6.02. The van der Waals surface area contributed by atoms with Crippen molar-refractivity contribution < 1.29 is 9.53 Å². The molecule has 0 bridgehead atoms. The number of rotatable bonds is 7. The zero-order chi connectivity index (χ0) is 18.2. The number of carbonyl (C=O) groups is 1. The second-order valence-corrected chi connectivity index (χ2v) is 6.88. The van der Waals surface area contributed by atoms with Gasteiger partial charge in [-0.15, -0.1) is 0 Å². The Kier molecular flexibility index (Phi) is 7.19. The molecule has 1 N–H and O–H groups in total. The molecule has 1 amide bonds. The van der Waals surface area contributed by atoms with E-state index >= 15 is 0 Å². The molecule has 0 radical (unpaired) electrons. The maximum atomic E-state index is 11.8. The first-order chi connectivity index (χ1) is 12.0. The summed E-state index contributed by atoms with van der Waals surface area (Å²) >= 11 is 3.45. The smallest absolute Gasteiger partial charge is 0.277 e. The van der Waals surface area contributed by atoms with Crippen LogP contribution in [0.1, 0.15) is 43.4 Å². The number of halogens is 1. The van der Waals surface area contributed by atoms with Crippen molar-refractivity contribution in [1.29, 1.82) is 0 Å². The SMILES string of the molecule is CCc1ccc(OCC(=O)NN=Cc2ccc(C(C)C)cc2)c(Br)c1. The van der Waals surface area contributed by atoms with Gasteiger partial charge in [-0.1, -0.05) is 51.1 Å². The minimum absolute atomic E-state index is 0.0896. The molecule has 0 saturated heterocycles. The molecule has 0 aliphatic rings. The van der Waals surface area contributed by atoms with Gasteiger partial charge in [-0.3, -0.25) is 4.79 Å². The van der Waals surface area contributed by atoms with Crippen molar-refractivity contribution in [3.8, 4) is 5.75 Å². The minimum Gasteiger partial charge on any atom is -0.483 e. The average Bonchev–Trinajstić information content (AvgIpc) is 2.61. The molecule has 5 heteroatoms. The number of hydrogen-bond acceptors (Lipinski definition) is 3. The Morgan fingerprint density at radius 1 is 1.24 bits per heavy atom. The highest BCUT2D eigenvalue weighted by Gasteiger charge is 2.05. The van der Waals surface area contributed by atoms with Gasteiger partial charge < -0.3 is 4.74 Å². The average molecular weight is 403 g/mol. The van der Waals surface area contributed by atoms with Gasteiger partial charge in [-0.05, 0) is 57.1 Å². The summed E-state index contributed by atoms with van der Waals surface area (Å²) in [5, 5.41) is 3.96. The van der Waals surface area contributed by atoms with Crippen molar-refractivity contribution >= 4 is 28.1 Å². The van der Waals surface area contributed by atoms with Crippen molar-refractivity contribution in [2.24, 2.45) is 5.10 Å². The van der Waals surface area contributed by atoms with Crippen LogP contribution in [0.3, 0.4) is 0 Å². The number of benzene rings is 2. The van der Waals surface area contributed by atoms with Crippen LogP contribution in [0.15, 0.2) is 52.0 Å². The molecule has 2 aromatic carbocycles. The number of hydrazone groups is 1. The maximum absolute atomic E-state index is 11.8. The standard InChI is InChI=1S/C20H23BrN2O2/c1-4-15-7-10-19(18(21)11-15)25-13-20(24)23-22-12-16-5-8-17(9-6-16)14(2)3/h5-12,14H,4,13H2,1-3H3,(H,23,24). The molecule has 0 atom stereocenters. The summed E-state index contributed by atoms with van der Waals surface area (Å²) in [5.41, 5.74) is 5.88. The van der Waals surface area contributed by atoms with Gasteiger partial charge in [-0.2, -0.15) is 5.10 Å². The number of nitrogens with one attached hydrogen (secondary N) is 1. The first-order valence-electron chi connectivity index (χ1n) is 8.32. The van der Waals surface area contributed by atoms with Gasteiger partial charge in [-0.25, -0.2) is 5.43 Å². The molecule has 0 saturated carbocycles. The predicted octanol–water partition coefficient (Wildman–Crippen LogP) is 4.66. The molecule has 2 aromatic rings. The maximum Gasteiger partial charge on any atom is 0.277 e. The van der Waals surface area contributed by atoms with E-state index in [1.54, 1.807) is 6.21 Å². The lowest BCUT2D eigenvalue weighted by Gasteiger charge is -2.08. The lowest BCUT2D eigenvalue weighted by atomic mass is 10.0. The zero-order valence-corrected chi connectivity index (χ0v) is 16.3. The van der Waals surface area contributed by atoms with E-state index in [4.69, 9.17) is 4.74 Å². The van der Waals surface area contributed by atoms with Crippen LogP contribution in [-0.4, -0.2) is 18.7 Å². The summed E-state index contributed by atoms with van der Waals surface area (Å²) < 4.78 is 6.35. The lowest BCUT2D eigenvalue weighted by Crippen LogP contribution is -2.24. The first kappa shape index (κ1) is 19.2. The highest BCUT2D eigenvalue weighted by molar-refractivity contribution is 9.10. The van der Waals surface area contributed by atoms with Crippen molar-refractivity contribution in [2.75, 3.05) is 6.61 Å². The van der Waals surface area contributed by atoms with E-state index < -0.39 is 0 Å². The van der Waals surface area contributed by atoms with Crippen molar-refractivity contribution in [1.82, 2.24) is 5.43 Å². The van der Waals surface area contributed by atoms with E-state index in [1.165, 1.54) is 11.1 Å². The molecular weight excluding hydrogens is 380 g/mol. The van der Waals surface area contributed by atoms with Crippen LogP contribution in [0.4, 0.5) is 0 Å². The zero-order valence-electron chi connectivity index (χ0n) is 14.8. The Bertz CT molecular complexity index is 740. The number of amides is 1. The third kappa shape index (κ3) is 6.02. The molecule has 0 aliphatic heterocycles. The van der Waals surface area contributed by atoms with E-state index in [0.717, 1.165) is 16.5 Å². The van der Waals surface area contributed by atoms with Crippen LogP contribution in [0.25, 0.3) is 0 Å². The largest absolute Gasteiger partial charge is 0.483 e. The van der Waals surface area contributed by atoms with Crippen LogP contribution < -0.4 is 10.2 Å². The van der Waals surface area contributed by atoms with Crippen LogP contribution in [0.5, 0.6) is 5.75 Å². The third-order valence-electron chi connectivity index (χ3n) is 3.77. The fourth-order valence-corrected chi connectivity index (χ4v) is 2.74. The third-order valence-corrected chi connectivity index (χ3v) is 4.39. The Labute approximate surface area is 157 Å². The number of carbonyl (C=O) groups excluding carboxylic acids is 1. The van der Waals surface area contributed by atoms with E-state index in [9.17, 15) is 4.79 Å². The predicted molar refractivity (Wildman–Crippen MR) is 105 cm³/mol. The Morgan fingerprint density at radius 2 is 1.96 bits per heavy atom. The Hall–Kier alpha value is -2.14. The first-order valence-corrected chi connectivity index (χ1v) is 9.12. The molecule has 0 heterocycles. The summed E-state index contributed by atoms with van der Waals surface area (Å²) in [5.74, 6) is 0.829. The van der Waals surface area contributed by atoms with Crippen molar-refractivity contribution in [3.63, 3.8) is 0 Å². The molecule has 25 heavy (non-hydrogen) atoms. The van der Waals surface area contributed by atoms with E-state index in [2.05, 4.69) is 59.4 Å². The molecule has 0 aliphatic carbocycles. The molecule has 0 aromatic heterocycles. The molecule has 4 nitrogen and oxygen atoms in total.